The number of hydrogen-bond donors (Lipinski definition) is 11. The molecule has 18 heteroatoms. The van der Waals surface area contributed by atoms with Crippen LogP contribution in [0, 0.1) is 0 Å². The van der Waals surface area contributed by atoms with Crippen LogP contribution in [0.3, 0.4) is 0 Å². The average Bonchev–Trinajstić information content (AvgIpc) is 3.03. The zero-order valence-electron chi connectivity index (χ0n) is 25.1. The third-order valence-electron chi connectivity index (χ3n) is 8.02. The van der Waals surface area contributed by atoms with Crippen LogP contribution < -0.4 is 5.32 Å². The lowest BCUT2D eigenvalue weighted by Crippen LogP contribution is -2.65. The van der Waals surface area contributed by atoms with Gasteiger partial charge in [0.2, 0.25) is 5.91 Å². The van der Waals surface area contributed by atoms with E-state index in [1.54, 1.807) is 0 Å². The van der Waals surface area contributed by atoms with Gasteiger partial charge in [-0.15, -0.1) is 0 Å². The summed E-state index contributed by atoms with van der Waals surface area (Å²) in [7, 11) is 0. The molecule has 3 aliphatic heterocycles. The molecule has 15 atom stereocenters. The number of hydrogen-bond acceptors (Lipinski definition) is 17. The third kappa shape index (κ3) is 9.92. The molecule has 0 aromatic rings. The zero-order valence-corrected chi connectivity index (χ0v) is 25.1. The van der Waals surface area contributed by atoms with Gasteiger partial charge in [-0.3, -0.25) is 4.79 Å². The SMILES string of the molecule is CCCCCCC(=O)NCCO[C@H]1OC(CO[C@H]2OC(CO)[C@@H](O)C(O)C2O)[C@@H](O)C(O[C@H]2OC(CO)[C@@H](O)C(O)C2O)C1O. The molecule has 3 rings (SSSR count). The molecule has 18 nitrogen and oxygen atoms in total. The van der Waals surface area contributed by atoms with E-state index in [0.717, 1.165) is 25.7 Å². The van der Waals surface area contributed by atoms with E-state index in [9.17, 15) is 55.9 Å². The fraction of sp³-hybridized carbons (Fsp3) is 0.963. The standard InChI is InChI=1S/C27H49NO17/c1-2-3-4-5-6-15(31)28-7-8-40-26-23(39)24(45-27-22(38)20(36)17(33)13(10-30)43-27)18(34)14(44-26)11-41-25-21(37)19(35)16(32)12(9-29)42-25/h12-14,16-27,29-30,32-39H,2-11H2,1H3,(H,28,31)/t12?,13?,14?,16-,17-,18-,19?,20?,21?,22?,23?,24?,25+,26+,27-/m1/s1. The quantitative estimate of drug-likeness (QED) is 0.0689. The minimum atomic E-state index is -1.86. The summed E-state index contributed by atoms with van der Waals surface area (Å²) in [6, 6.07) is 0. The van der Waals surface area contributed by atoms with Crippen LogP contribution in [-0.4, -0.2) is 182 Å². The number of unbranched alkanes of at least 4 members (excludes halogenated alkanes) is 3. The molecule has 0 aliphatic carbocycles. The summed E-state index contributed by atoms with van der Waals surface area (Å²) in [5.41, 5.74) is 0. The maximum atomic E-state index is 12.1. The van der Waals surface area contributed by atoms with E-state index in [1.165, 1.54) is 0 Å². The molecule has 11 N–H and O–H groups in total. The first-order valence-electron chi connectivity index (χ1n) is 15.2. The number of rotatable bonds is 16. The molecule has 0 saturated carbocycles. The lowest BCUT2D eigenvalue weighted by Gasteiger charge is -2.46. The Morgan fingerprint density at radius 1 is 0.644 bits per heavy atom. The lowest BCUT2D eigenvalue weighted by atomic mass is 9.96. The Labute approximate surface area is 260 Å². The van der Waals surface area contributed by atoms with Crippen molar-refractivity contribution in [2.45, 2.75) is 131 Å². The van der Waals surface area contributed by atoms with Crippen LogP contribution in [0.4, 0.5) is 0 Å². The second-order valence-corrected chi connectivity index (χ2v) is 11.4. The fourth-order valence-electron chi connectivity index (χ4n) is 5.23. The highest BCUT2D eigenvalue weighted by Crippen LogP contribution is 2.31. The van der Waals surface area contributed by atoms with Crippen molar-refractivity contribution in [3.05, 3.63) is 0 Å². The Kier molecular flexibility index (Phi) is 15.6. The van der Waals surface area contributed by atoms with E-state index in [1.807, 2.05) is 0 Å². The Hall–Kier alpha value is -1.17. The van der Waals surface area contributed by atoms with Crippen LogP contribution >= 0.6 is 0 Å². The van der Waals surface area contributed by atoms with E-state index in [0.29, 0.717) is 6.42 Å². The van der Waals surface area contributed by atoms with Gasteiger partial charge in [0.25, 0.3) is 0 Å². The highest BCUT2D eigenvalue weighted by molar-refractivity contribution is 5.75. The number of ether oxygens (including phenoxy) is 6. The predicted octanol–water partition coefficient (Wildman–Crippen LogP) is -5.46. The molecule has 3 saturated heterocycles. The highest BCUT2D eigenvalue weighted by Gasteiger charge is 2.52. The number of carbonyl (C=O) groups is 1. The minimum absolute atomic E-state index is 0.0476. The van der Waals surface area contributed by atoms with Crippen LogP contribution in [0.2, 0.25) is 0 Å². The Balaban J connectivity index is 1.68. The molecule has 0 aromatic carbocycles. The smallest absolute Gasteiger partial charge is 0.220 e. The first-order valence-corrected chi connectivity index (χ1v) is 15.2. The Bertz CT molecular complexity index is 869. The molecule has 3 fully saturated rings. The Morgan fingerprint density at radius 3 is 1.80 bits per heavy atom. The van der Waals surface area contributed by atoms with Crippen LogP contribution in [-0.2, 0) is 33.2 Å². The van der Waals surface area contributed by atoms with Crippen molar-refractivity contribution in [2.75, 3.05) is 33.0 Å². The normalized spacial score (nSPS) is 42.4. The summed E-state index contributed by atoms with van der Waals surface area (Å²) in [5.74, 6) is -0.190. The van der Waals surface area contributed by atoms with Gasteiger partial charge >= 0.3 is 0 Å². The van der Waals surface area contributed by atoms with E-state index >= 15 is 0 Å². The number of amides is 1. The van der Waals surface area contributed by atoms with Gasteiger partial charge in [-0.25, -0.2) is 0 Å². The van der Waals surface area contributed by atoms with Crippen molar-refractivity contribution in [3.8, 4) is 0 Å². The van der Waals surface area contributed by atoms with Crippen molar-refractivity contribution in [2.24, 2.45) is 0 Å². The molecular weight excluding hydrogens is 610 g/mol. The average molecular weight is 660 g/mol. The molecule has 264 valence electrons. The zero-order chi connectivity index (χ0) is 33.3. The van der Waals surface area contributed by atoms with Gasteiger partial charge in [-0.05, 0) is 6.42 Å². The maximum Gasteiger partial charge on any atom is 0.220 e. The van der Waals surface area contributed by atoms with Gasteiger partial charge in [0.1, 0.15) is 73.2 Å². The van der Waals surface area contributed by atoms with E-state index in [2.05, 4.69) is 12.2 Å². The molecule has 0 bridgehead atoms. The summed E-state index contributed by atoms with van der Waals surface area (Å²) >= 11 is 0. The monoisotopic (exact) mass is 659 g/mol. The molecule has 9 unspecified atom stereocenters. The largest absolute Gasteiger partial charge is 0.394 e. The lowest BCUT2D eigenvalue weighted by molar-refractivity contribution is -0.366. The first-order chi connectivity index (χ1) is 21.4. The van der Waals surface area contributed by atoms with E-state index in [4.69, 9.17) is 28.4 Å². The van der Waals surface area contributed by atoms with Crippen LogP contribution in [0.15, 0.2) is 0 Å². The summed E-state index contributed by atoms with van der Waals surface area (Å²) in [6.07, 6.45) is -20.4. The predicted molar refractivity (Wildman–Crippen MR) is 147 cm³/mol. The van der Waals surface area contributed by atoms with Crippen molar-refractivity contribution in [3.63, 3.8) is 0 Å². The molecule has 1 amide bonds. The van der Waals surface area contributed by atoms with Gasteiger partial charge in [-0.1, -0.05) is 26.2 Å². The molecule has 0 aromatic heterocycles. The topological polar surface area (TPSA) is 287 Å². The number of aliphatic hydroxyl groups excluding tert-OH is 10. The van der Waals surface area contributed by atoms with Gasteiger partial charge < -0.3 is 84.8 Å². The molecule has 0 radical (unpaired) electrons. The Morgan fingerprint density at radius 2 is 1.20 bits per heavy atom. The second-order valence-electron chi connectivity index (χ2n) is 11.4. The molecule has 45 heavy (non-hydrogen) atoms. The van der Waals surface area contributed by atoms with Gasteiger partial charge in [-0.2, -0.15) is 0 Å². The molecular formula is C27H49NO17. The van der Waals surface area contributed by atoms with Gasteiger partial charge in [0, 0.05) is 13.0 Å². The minimum Gasteiger partial charge on any atom is -0.394 e. The molecule has 0 spiro atoms. The molecule has 3 aliphatic rings. The van der Waals surface area contributed by atoms with Crippen molar-refractivity contribution in [1.82, 2.24) is 5.32 Å². The van der Waals surface area contributed by atoms with E-state index < -0.39 is 112 Å². The number of aliphatic hydroxyl groups is 10. The van der Waals surface area contributed by atoms with Crippen molar-refractivity contribution < 1.29 is 84.3 Å². The van der Waals surface area contributed by atoms with Crippen molar-refractivity contribution in [1.29, 1.82) is 0 Å². The van der Waals surface area contributed by atoms with Crippen molar-refractivity contribution >= 4 is 5.91 Å². The van der Waals surface area contributed by atoms with Crippen LogP contribution in [0.25, 0.3) is 0 Å². The maximum absolute atomic E-state index is 12.1. The molecule has 3 heterocycles. The summed E-state index contributed by atoms with van der Waals surface area (Å²) in [4.78, 5) is 12.1. The summed E-state index contributed by atoms with van der Waals surface area (Å²) in [5, 5.41) is 105. The van der Waals surface area contributed by atoms with Gasteiger partial charge in [0.15, 0.2) is 18.9 Å². The van der Waals surface area contributed by atoms with Gasteiger partial charge in [0.05, 0.1) is 26.4 Å². The third-order valence-corrected chi connectivity index (χ3v) is 8.02. The van der Waals surface area contributed by atoms with Crippen LogP contribution in [0.1, 0.15) is 39.0 Å². The van der Waals surface area contributed by atoms with E-state index in [-0.39, 0.29) is 19.1 Å². The van der Waals surface area contributed by atoms with Crippen LogP contribution in [0.5, 0.6) is 0 Å². The highest BCUT2D eigenvalue weighted by atomic mass is 16.7. The fourth-order valence-corrected chi connectivity index (χ4v) is 5.23. The first kappa shape index (κ1) is 38.3. The summed E-state index contributed by atoms with van der Waals surface area (Å²) in [6.45, 7) is -0.0875. The number of nitrogens with one attached hydrogen (secondary N) is 1. The second kappa shape index (κ2) is 18.4. The summed E-state index contributed by atoms with van der Waals surface area (Å²) < 4.78 is 33.1. The number of carbonyl (C=O) groups excluding carboxylic acids is 1.